The molecule has 29 heavy (non-hydrogen) atoms. The van der Waals surface area contributed by atoms with Crippen LogP contribution in [0.4, 0.5) is 0 Å². The predicted molar refractivity (Wildman–Crippen MR) is 113 cm³/mol. The predicted octanol–water partition coefficient (Wildman–Crippen LogP) is 3.31. The van der Waals surface area contributed by atoms with E-state index in [2.05, 4.69) is 24.4 Å². The Balaban J connectivity index is 1.65. The zero-order valence-corrected chi connectivity index (χ0v) is 17.2. The quantitative estimate of drug-likeness (QED) is 0.605. The second-order valence-corrected chi connectivity index (χ2v) is 7.98. The molecule has 0 radical (unpaired) electrons. The minimum atomic E-state index is -0.155. The van der Waals surface area contributed by atoms with Gasteiger partial charge in [-0.15, -0.1) is 0 Å². The highest BCUT2D eigenvalue weighted by atomic mass is 16.5. The summed E-state index contributed by atoms with van der Waals surface area (Å²) in [5.74, 6) is 0.167. The molecule has 5 nitrogen and oxygen atoms in total. The molecule has 0 atom stereocenters. The highest BCUT2D eigenvalue weighted by Crippen LogP contribution is 2.46. The smallest absolute Gasteiger partial charge is 0.251 e. The number of ketones is 1. The van der Waals surface area contributed by atoms with Crippen molar-refractivity contribution in [3.8, 4) is 11.1 Å². The van der Waals surface area contributed by atoms with Crippen LogP contribution in [0.5, 0.6) is 0 Å². The van der Waals surface area contributed by atoms with Crippen molar-refractivity contribution in [3.05, 3.63) is 59.2 Å². The first-order valence-electron chi connectivity index (χ1n) is 10.1. The SMILES string of the molecule is Cc1ccc(CC(=O)C2(C)CC2)cc1-c1ccc(C(=O)NCCOCCO)cc1. The van der Waals surface area contributed by atoms with Gasteiger partial charge in [0, 0.05) is 23.9 Å². The van der Waals surface area contributed by atoms with Gasteiger partial charge in [-0.05, 0) is 54.2 Å². The highest BCUT2D eigenvalue weighted by molar-refractivity contribution is 5.94. The number of hydrogen-bond acceptors (Lipinski definition) is 4. The number of ether oxygens (including phenoxy) is 1. The molecule has 1 saturated carbocycles. The van der Waals surface area contributed by atoms with Crippen LogP contribution in [0.3, 0.4) is 0 Å². The van der Waals surface area contributed by atoms with Gasteiger partial charge in [0.2, 0.25) is 0 Å². The van der Waals surface area contributed by atoms with Gasteiger partial charge >= 0.3 is 0 Å². The third-order valence-corrected chi connectivity index (χ3v) is 5.57. The summed E-state index contributed by atoms with van der Waals surface area (Å²) < 4.78 is 5.13. The number of Topliss-reactive ketones (excluding diaryl/α,β-unsaturated/α-hetero) is 1. The fraction of sp³-hybridized carbons (Fsp3) is 0.417. The van der Waals surface area contributed by atoms with E-state index in [0.29, 0.717) is 30.9 Å². The van der Waals surface area contributed by atoms with Crippen LogP contribution in [-0.4, -0.2) is 43.2 Å². The molecule has 1 aliphatic rings. The summed E-state index contributed by atoms with van der Waals surface area (Å²) in [6.07, 6.45) is 2.48. The van der Waals surface area contributed by atoms with Crippen molar-refractivity contribution in [1.82, 2.24) is 5.32 Å². The van der Waals surface area contributed by atoms with E-state index in [9.17, 15) is 9.59 Å². The molecule has 0 aliphatic heterocycles. The van der Waals surface area contributed by atoms with Gasteiger partial charge in [-0.25, -0.2) is 0 Å². The first-order chi connectivity index (χ1) is 13.9. The molecule has 2 aromatic carbocycles. The lowest BCUT2D eigenvalue weighted by Crippen LogP contribution is -2.27. The minimum absolute atomic E-state index is 0.0243. The molecule has 0 unspecified atom stereocenters. The second-order valence-electron chi connectivity index (χ2n) is 7.98. The average molecular weight is 395 g/mol. The minimum Gasteiger partial charge on any atom is -0.394 e. The number of carbonyl (C=O) groups excluding carboxylic acids is 2. The van der Waals surface area contributed by atoms with Crippen molar-refractivity contribution >= 4 is 11.7 Å². The summed E-state index contributed by atoms with van der Waals surface area (Å²) in [5, 5.41) is 11.5. The summed E-state index contributed by atoms with van der Waals surface area (Å²) in [4.78, 5) is 24.6. The first kappa shape index (κ1) is 21.2. The Morgan fingerprint density at radius 3 is 2.48 bits per heavy atom. The Labute approximate surface area is 172 Å². The Morgan fingerprint density at radius 2 is 1.83 bits per heavy atom. The third kappa shape index (κ3) is 5.52. The van der Waals surface area contributed by atoms with Crippen molar-refractivity contribution in [1.29, 1.82) is 0 Å². The van der Waals surface area contributed by atoms with Crippen LogP contribution < -0.4 is 5.32 Å². The number of aliphatic hydroxyl groups is 1. The molecule has 0 heterocycles. The van der Waals surface area contributed by atoms with Crippen LogP contribution in [0.1, 0.15) is 41.3 Å². The lowest BCUT2D eigenvalue weighted by molar-refractivity contribution is -0.122. The maximum Gasteiger partial charge on any atom is 0.251 e. The number of benzene rings is 2. The normalized spacial score (nSPS) is 14.4. The van der Waals surface area contributed by atoms with Crippen LogP contribution in [-0.2, 0) is 16.0 Å². The van der Waals surface area contributed by atoms with Crippen LogP contribution >= 0.6 is 0 Å². The molecule has 2 N–H and O–H groups in total. The van der Waals surface area contributed by atoms with Gasteiger partial charge in [0.1, 0.15) is 5.78 Å². The van der Waals surface area contributed by atoms with Crippen molar-refractivity contribution in [2.45, 2.75) is 33.1 Å². The van der Waals surface area contributed by atoms with Gasteiger partial charge in [-0.1, -0.05) is 37.3 Å². The van der Waals surface area contributed by atoms with Crippen LogP contribution in [0.15, 0.2) is 42.5 Å². The van der Waals surface area contributed by atoms with Gasteiger partial charge in [-0.2, -0.15) is 0 Å². The van der Waals surface area contributed by atoms with Crippen LogP contribution in [0, 0.1) is 12.3 Å². The van der Waals surface area contributed by atoms with E-state index < -0.39 is 0 Å². The Bertz CT molecular complexity index is 869. The van der Waals surface area contributed by atoms with E-state index in [1.807, 2.05) is 37.3 Å². The van der Waals surface area contributed by atoms with Gasteiger partial charge < -0.3 is 15.2 Å². The summed E-state index contributed by atoms with van der Waals surface area (Å²) in [6, 6.07) is 13.7. The summed E-state index contributed by atoms with van der Waals surface area (Å²) in [7, 11) is 0. The number of nitrogens with one attached hydrogen (secondary N) is 1. The third-order valence-electron chi connectivity index (χ3n) is 5.57. The van der Waals surface area contributed by atoms with Crippen molar-refractivity contribution in [2.24, 2.45) is 5.41 Å². The van der Waals surface area contributed by atoms with Crippen molar-refractivity contribution in [3.63, 3.8) is 0 Å². The van der Waals surface area contributed by atoms with E-state index in [-0.39, 0.29) is 24.5 Å². The van der Waals surface area contributed by atoms with E-state index in [1.165, 1.54) is 0 Å². The molecule has 154 valence electrons. The van der Waals surface area contributed by atoms with Gasteiger partial charge in [-0.3, -0.25) is 9.59 Å². The van der Waals surface area contributed by atoms with Gasteiger partial charge in [0.25, 0.3) is 5.91 Å². The number of aliphatic hydroxyl groups excluding tert-OH is 1. The second kappa shape index (κ2) is 9.33. The Hall–Kier alpha value is -2.50. The lowest BCUT2D eigenvalue weighted by atomic mass is 9.92. The van der Waals surface area contributed by atoms with Gasteiger partial charge in [0.05, 0.1) is 19.8 Å². The molecule has 0 saturated heterocycles. The Morgan fingerprint density at radius 1 is 1.10 bits per heavy atom. The summed E-state index contributed by atoms with van der Waals surface area (Å²) in [6.45, 7) is 5.11. The fourth-order valence-corrected chi connectivity index (χ4v) is 3.26. The first-order valence-corrected chi connectivity index (χ1v) is 10.1. The topological polar surface area (TPSA) is 75.6 Å². The summed E-state index contributed by atoms with van der Waals surface area (Å²) >= 11 is 0. The fourth-order valence-electron chi connectivity index (χ4n) is 3.26. The summed E-state index contributed by atoms with van der Waals surface area (Å²) in [5.41, 5.74) is 4.76. The molecule has 3 rings (SSSR count). The number of aryl methyl sites for hydroxylation is 1. The van der Waals surface area contributed by atoms with E-state index >= 15 is 0 Å². The number of carbonyl (C=O) groups is 2. The van der Waals surface area contributed by atoms with Crippen LogP contribution in [0.25, 0.3) is 11.1 Å². The molecule has 1 fully saturated rings. The van der Waals surface area contributed by atoms with Gasteiger partial charge in [0.15, 0.2) is 0 Å². The average Bonchev–Trinajstić information content (AvgIpc) is 3.48. The molecule has 2 aromatic rings. The zero-order chi connectivity index (χ0) is 20.9. The number of amides is 1. The standard InChI is InChI=1S/C24H29NO4/c1-17-3-4-18(16-22(27)24(2)9-10-24)15-21(17)19-5-7-20(8-6-19)23(28)25-11-13-29-14-12-26/h3-8,15,26H,9-14,16H2,1-2H3,(H,25,28). The maximum absolute atomic E-state index is 12.4. The molecule has 5 heteroatoms. The van der Waals surface area contributed by atoms with E-state index in [1.54, 1.807) is 0 Å². The van der Waals surface area contributed by atoms with Crippen molar-refractivity contribution in [2.75, 3.05) is 26.4 Å². The lowest BCUT2D eigenvalue weighted by Gasteiger charge is -2.12. The molecular weight excluding hydrogens is 366 g/mol. The Kier molecular flexibility index (Phi) is 6.83. The van der Waals surface area contributed by atoms with Crippen LogP contribution in [0.2, 0.25) is 0 Å². The molecule has 1 amide bonds. The maximum atomic E-state index is 12.4. The molecule has 0 spiro atoms. The number of hydrogen-bond donors (Lipinski definition) is 2. The molecule has 1 aliphatic carbocycles. The molecule has 0 aromatic heterocycles. The van der Waals surface area contributed by atoms with E-state index in [0.717, 1.165) is 35.1 Å². The van der Waals surface area contributed by atoms with E-state index in [4.69, 9.17) is 9.84 Å². The monoisotopic (exact) mass is 395 g/mol. The number of rotatable bonds is 10. The largest absolute Gasteiger partial charge is 0.394 e. The molecule has 0 bridgehead atoms. The molecular formula is C24H29NO4. The highest BCUT2D eigenvalue weighted by Gasteiger charge is 2.43. The zero-order valence-electron chi connectivity index (χ0n) is 17.2. The van der Waals surface area contributed by atoms with Crippen molar-refractivity contribution < 1.29 is 19.4 Å².